The van der Waals surface area contributed by atoms with Gasteiger partial charge in [-0.05, 0) is 12.3 Å². The molecule has 0 saturated carbocycles. The second kappa shape index (κ2) is 6.71. The number of thioether (sulfide) groups is 1. The van der Waals surface area contributed by atoms with Crippen LogP contribution in [0.4, 0.5) is 0 Å². The van der Waals surface area contributed by atoms with Crippen LogP contribution < -0.4 is 0 Å². The van der Waals surface area contributed by atoms with Gasteiger partial charge in [0.15, 0.2) is 0 Å². The van der Waals surface area contributed by atoms with Gasteiger partial charge in [0.1, 0.15) is 6.04 Å². The summed E-state index contributed by atoms with van der Waals surface area (Å²) in [5.41, 5.74) is -0.526. The molecule has 0 spiro atoms. The lowest BCUT2D eigenvalue weighted by molar-refractivity contribution is -0.152. The summed E-state index contributed by atoms with van der Waals surface area (Å²) < 4.78 is 0. The van der Waals surface area contributed by atoms with Crippen molar-refractivity contribution in [2.75, 3.05) is 24.7 Å². The number of rotatable bonds is 2. The molecule has 3 atom stereocenters. The molecule has 2 amide bonds. The summed E-state index contributed by atoms with van der Waals surface area (Å²) in [5, 5.41) is 9.26. The van der Waals surface area contributed by atoms with E-state index in [2.05, 4.69) is 0 Å². The van der Waals surface area contributed by atoms with Crippen molar-refractivity contribution < 1.29 is 19.5 Å². The molecule has 0 aromatic carbocycles. The first-order chi connectivity index (χ1) is 10.6. The maximum absolute atomic E-state index is 12.9. The quantitative estimate of drug-likeness (QED) is 0.823. The Kier molecular flexibility index (Phi) is 5.28. The summed E-state index contributed by atoms with van der Waals surface area (Å²) in [5.74, 6) is -0.219. The highest BCUT2D eigenvalue weighted by atomic mass is 32.2. The smallest absolute Gasteiger partial charge is 0.308 e. The van der Waals surface area contributed by atoms with Crippen LogP contribution in [0.15, 0.2) is 0 Å². The molecular formula is C16H26N2O4S. The number of hydrogen-bond acceptors (Lipinski definition) is 4. The molecule has 0 aliphatic carbocycles. The lowest BCUT2D eigenvalue weighted by Gasteiger charge is -2.38. The number of carboxylic acids is 1. The summed E-state index contributed by atoms with van der Waals surface area (Å²) in [4.78, 5) is 40.0. The maximum Gasteiger partial charge on any atom is 0.308 e. The van der Waals surface area contributed by atoms with Crippen molar-refractivity contribution in [2.45, 2.75) is 40.2 Å². The fourth-order valence-corrected chi connectivity index (χ4v) is 4.34. The SMILES string of the molecule is CC1CC(C(=O)O)CN(C(=O)C2CSCN2C(=O)C(C)(C)C)C1. The largest absolute Gasteiger partial charge is 0.481 e. The van der Waals surface area contributed by atoms with Crippen LogP contribution in [0.2, 0.25) is 0 Å². The van der Waals surface area contributed by atoms with E-state index < -0.39 is 23.3 Å². The minimum atomic E-state index is -0.849. The molecular weight excluding hydrogens is 316 g/mol. The van der Waals surface area contributed by atoms with Crippen LogP contribution >= 0.6 is 11.8 Å². The highest BCUT2D eigenvalue weighted by Gasteiger charge is 2.42. The summed E-state index contributed by atoms with van der Waals surface area (Å²) in [6.45, 7) is 8.34. The van der Waals surface area contributed by atoms with Crippen LogP contribution in [0.1, 0.15) is 34.1 Å². The standard InChI is InChI=1S/C16H26N2O4S/c1-10-5-11(14(20)21)7-17(6-10)13(19)12-8-23-9-18(12)15(22)16(2,3)4/h10-12H,5-9H2,1-4H3,(H,20,21). The Morgan fingerprint density at radius 2 is 1.83 bits per heavy atom. The van der Waals surface area contributed by atoms with Crippen molar-refractivity contribution in [2.24, 2.45) is 17.3 Å². The Balaban J connectivity index is 2.12. The zero-order valence-corrected chi connectivity index (χ0v) is 15.1. The van der Waals surface area contributed by atoms with Gasteiger partial charge in [0, 0.05) is 24.3 Å². The predicted octanol–water partition coefficient (Wildman–Crippen LogP) is 1.50. The third kappa shape index (κ3) is 4.00. The van der Waals surface area contributed by atoms with Crippen LogP contribution in [0.25, 0.3) is 0 Å². The van der Waals surface area contributed by atoms with Gasteiger partial charge >= 0.3 is 5.97 Å². The van der Waals surface area contributed by atoms with E-state index in [1.165, 1.54) is 0 Å². The fourth-order valence-electron chi connectivity index (χ4n) is 3.20. The average molecular weight is 342 g/mol. The Labute approximate surface area is 141 Å². The Morgan fingerprint density at radius 3 is 2.39 bits per heavy atom. The lowest BCUT2D eigenvalue weighted by atomic mass is 9.90. The Bertz CT molecular complexity index is 503. The minimum Gasteiger partial charge on any atom is -0.481 e. The van der Waals surface area contributed by atoms with E-state index in [9.17, 15) is 19.5 Å². The van der Waals surface area contributed by atoms with Crippen molar-refractivity contribution >= 4 is 29.5 Å². The van der Waals surface area contributed by atoms with Gasteiger partial charge in [-0.2, -0.15) is 0 Å². The molecule has 2 aliphatic heterocycles. The van der Waals surface area contributed by atoms with Gasteiger partial charge in [0.05, 0.1) is 11.8 Å². The fraction of sp³-hybridized carbons (Fsp3) is 0.812. The van der Waals surface area contributed by atoms with Crippen molar-refractivity contribution in [1.82, 2.24) is 9.80 Å². The summed E-state index contributed by atoms with van der Waals surface area (Å²) in [7, 11) is 0. The number of carbonyl (C=O) groups excluding carboxylic acids is 2. The van der Waals surface area contributed by atoms with E-state index in [4.69, 9.17) is 0 Å². The molecule has 2 saturated heterocycles. The van der Waals surface area contributed by atoms with Gasteiger partial charge in [-0.1, -0.05) is 27.7 Å². The van der Waals surface area contributed by atoms with Gasteiger partial charge in [0.25, 0.3) is 0 Å². The van der Waals surface area contributed by atoms with Crippen LogP contribution in [-0.4, -0.2) is 63.5 Å². The molecule has 3 unspecified atom stereocenters. The average Bonchev–Trinajstić information content (AvgIpc) is 2.92. The molecule has 7 heteroatoms. The second-order valence-electron chi connectivity index (χ2n) is 7.66. The predicted molar refractivity (Wildman–Crippen MR) is 88.9 cm³/mol. The van der Waals surface area contributed by atoms with Crippen molar-refractivity contribution in [3.8, 4) is 0 Å². The highest BCUT2D eigenvalue weighted by Crippen LogP contribution is 2.30. The lowest BCUT2D eigenvalue weighted by Crippen LogP contribution is -2.55. The molecule has 2 heterocycles. The molecule has 23 heavy (non-hydrogen) atoms. The number of nitrogens with zero attached hydrogens (tertiary/aromatic N) is 2. The monoisotopic (exact) mass is 342 g/mol. The summed E-state index contributed by atoms with van der Waals surface area (Å²) in [6.07, 6.45) is 0.600. The molecule has 6 nitrogen and oxygen atoms in total. The molecule has 0 bridgehead atoms. The van der Waals surface area contributed by atoms with Crippen molar-refractivity contribution in [1.29, 1.82) is 0 Å². The number of hydrogen-bond donors (Lipinski definition) is 1. The minimum absolute atomic E-state index is 0.0271. The number of amides is 2. The van der Waals surface area contributed by atoms with Gasteiger partial charge in [-0.3, -0.25) is 14.4 Å². The van der Waals surface area contributed by atoms with Crippen LogP contribution in [0.3, 0.4) is 0 Å². The molecule has 0 radical (unpaired) electrons. The van der Waals surface area contributed by atoms with E-state index >= 15 is 0 Å². The number of likely N-dealkylation sites (tertiary alicyclic amines) is 1. The zero-order chi connectivity index (χ0) is 17.4. The maximum atomic E-state index is 12.9. The van der Waals surface area contributed by atoms with Crippen molar-refractivity contribution in [3.63, 3.8) is 0 Å². The molecule has 130 valence electrons. The third-order valence-corrected chi connectivity index (χ3v) is 5.40. The molecule has 1 N–H and O–H groups in total. The number of aliphatic carboxylic acids is 1. The molecule has 0 aromatic heterocycles. The normalized spacial score (nSPS) is 28.8. The van der Waals surface area contributed by atoms with Gasteiger partial charge in [0.2, 0.25) is 11.8 Å². The molecule has 0 aromatic rings. The summed E-state index contributed by atoms with van der Waals surface area (Å²) in [6, 6.07) is -0.466. The van der Waals surface area contributed by atoms with E-state index in [0.717, 1.165) is 0 Å². The van der Waals surface area contributed by atoms with Crippen LogP contribution in [0, 0.1) is 17.3 Å². The first-order valence-electron chi connectivity index (χ1n) is 8.01. The number of carbonyl (C=O) groups is 3. The Morgan fingerprint density at radius 1 is 1.17 bits per heavy atom. The summed E-state index contributed by atoms with van der Waals surface area (Å²) >= 11 is 1.58. The first kappa shape index (κ1) is 18.1. The topological polar surface area (TPSA) is 77.9 Å². The third-order valence-electron chi connectivity index (χ3n) is 4.39. The van der Waals surface area contributed by atoms with Gasteiger partial charge in [-0.25, -0.2) is 0 Å². The van der Waals surface area contributed by atoms with E-state index in [1.54, 1.807) is 21.6 Å². The van der Waals surface area contributed by atoms with E-state index in [0.29, 0.717) is 24.6 Å². The Hall–Kier alpha value is -1.24. The van der Waals surface area contributed by atoms with Crippen LogP contribution in [-0.2, 0) is 14.4 Å². The molecule has 2 rings (SSSR count). The number of carboxylic acid groups (broad SMARTS) is 1. The number of piperidine rings is 1. The molecule has 2 fully saturated rings. The first-order valence-corrected chi connectivity index (χ1v) is 9.17. The van der Waals surface area contributed by atoms with E-state index in [-0.39, 0.29) is 24.3 Å². The van der Waals surface area contributed by atoms with E-state index in [1.807, 2.05) is 27.7 Å². The van der Waals surface area contributed by atoms with Gasteiger partial charge in [-0.15, -0.1) is 11.8 Å². The van der Waals surface area contributed by atoms with Crippen molar-refractivity contribution in [3.05, 3.63) is 0 Å². The second-order valence-corrected chi connectivity index (χ2v) is 8.66. The molecule has 2 aliphatic rings. The highest BCUT2D eigenvalue weighted by molar-refractivity contribution is 7.99. The zero-order valence-electron chi connectivity index (χ0n) is 14.2. The van der Waals surface area contributed by atoms with Crippen LogP contribution in [0.5, 0.6) is 0 Å². The van der Waals surface area contributed by atoms with Gasteiger partial charge < -0.3 is 14.9 Å².